The van der Waals surface area contributed by atoms with Crippen LogP contribution in [0.2, 0.25) is 0 Å². The lowest BCUT2D eigenvalue weighted by Crippen LogP contribution is -2.81. The molecule has 1 aliphatic heterocycles. The number of amides is 1. The van der Waals surface area contributed by atoms with Crippen LogP contribution in [0.5, 0.6) is 0 Å². The van der Waals surface area contributed by atoms with E-state index in [4.69, 9.17) is 23.7 Å². The second-order valence-electron chi connectivity index (χ2n) is 17.4. The molecule has 2 aromatic carbocycles. The van der Waals surface area contributed by atoms with Gasteiger partial charge in [0, 0.05) is 25.2 Å². The second-order valence-corrected chi connectivity index (χ2v) is 17.4. The van der Waals surface area contributed by atoms with Crippen molar-refractivity contribution in [2.45, 2.75) is 121 Å². The van der Waals surface area contributed by atoms with Crippen LogP contribution in [0.4, 0.5) is 4.79 Å². The number of alkyl carbamates (subject to hydrolysis) is 1. The van der Waals surface area contributed by atoms with E-state index in [1.165, 1.54) is 65.8 Å². The van der Waals surface area contributed by atoms with Crippen molar-refractivity contribution in [2.75, 3.05) is 13.2 Å². The highest BCUT2D eigenvalue weighted by atomic mass is 16.6. The number of esters is 3. The average molecular weight is 824 g/mol. The fourth-order valence-electron chi connectivity index (χ4n) is 9.56. The molecule has 3 aliphatic carbocycles. The van der Waals surface area contributed by atoms with Crippen LogP contribution in [0.15, 0.2) is 71.8 Å². The molecule has 4 aliphatic rings. The van der Waals surface area contributed by atoms with E-state index in [0.717, 1.165) is 6.92 Å². The minimum atomic E-state index is -2.38. The molecule has 320 valence electrons. The minimum absolute atomic E-state index is 0.0672. The number of hydrogen-bond donors (Lipinski definition) is 6. The molecule has 3 fully saturated rings. The molecule has 1 heterocycles. The van der Waals surface area contributed by atoms with Gasteiger partial charge in [-0.05, 0) is 56.5 Å². The molecule has 1 amide bonds. The molecule has 11 atom stereocenters. The Morgan fingerprint density at radius 2 is 1.59 bits per heavy atom. The molecule has 2 aromatic rings. The van der Waals surface area contributed by atoms with E-state index >= 15 is 0 Å². The summed E-state index contributed by atoms with van der Waals surface area (Å²) in [5.74, 6) is -5.47. The molecule has 1 saturated heterocycles. The maximum Gasteiger partial charge on any atom is 0.408 e. The number of nitrogens with one attached hydrogen (secondary N) is 1. The summed E-state index contributed by atoms with van der Waals surface area (Å²) in [5.41, 5.74) is -8.74. The molecular formula is C43H53NO15. The van der Waals surface area contributed by atoms with Crippen LogP contribution in [0.1, 0.15) is 83.3 Å². The summed E-state index contributed by atoms with van der Waals surface area (Å²) in [6.45, 7) is 9.14. The van der Waals surface area contributed by atoms with Gasteiger partial charge in [-0.1, -0.05) is 62.4 Å². The van der Waals surface area contributed by atoms with Gasteiger partial charge in [-0.15, -0.1) is 0 Å². The first-order valence-electron chi connectivity index (χ1n) is 19.5. The number of aliphatic hydroxyl groups excluding tert-OH is 4. The Kier molecular flexibility index (Phi) is 11.7. The Bertz CT molecular complexity index is 2000. The standard InChI is InChI=1S/C43H53NO15/c1-22-26(56-37(52)32(49)30(24-14-10-8-11-15-24)44-38(53)59-39(3,4)20-45)19-43(54)35(57-36(51)25-16-12-9-13-17-25)33-41(7,34(50)31(48)29(22)40(43,5)6)27(47)18-28-42(33,21-55-28)58-23(2)46/h8-17,26-28,30-33,35,45,47-49,54H,18-21H2,1-7H3,(H,44,53)/t26-,27+,28-,30-,31-,32-,33-,35-,41+,42-,43-/m1/s1. The van der Waals surface area contributed by atoms with Gasteiger partial charge in [0.25, 0.3) is 0 Å². The Morgan fingerprint density at radius 3 is 2.15 bits per heavy atom. The molecule has 0 radical (unpaired) electrons. The first-order valence-corrected chi connectivity index (χ1v) is 19.5. The number of Topliss-reactive ketones (excluding diaryl/α,β-unsaturated/α-hetero) is 1. The zero-order chi connectivity index (χ0) is 43.5. The maximum atomic E-state index is 15.0. The highest BCUT2D eigenvalue weighted by Crippen LogP contribution is 2.64. The molecule has 59 heavy (non-hydrogen) atoms. The van der Waals surface area contributed by atoms with Crippen molar-refractivity contribution in [1.82, 2.24) is 5.32 Å². The number of benzene rings is 2. The molecule has 6 rings (SSSR count). The number of fused-ring (bicyclic) bond motifs is 5. The van der Waals surface area contributed by atoms with Crippen LogP contribution in [0, 0.1) is 16.7 Å². The third kappa shape index (κ3) is 7.33. The van der Waals surface area contributed by atoms with Crippen molar-refractivity contribution in [2.24, 2.45) is 16.7 Å². The molecule has 16 nitrogen and oxygen atoms in total. The Balaban J connectivity index is 1.48. The highest BCUT2D eigenvalue weighted by Gasteiger charge is 2.78. The van der Waals surface area contributed by atoms with Crippen LogP contribution in [0.3, 0.4) is 0 Å². The quantitative estimate of drug-likeness (QED) is 0.114. The monoisotopic (exact) mass is 823 g/mol. The fraction of sp³-hybridized carbons (Fsp3) is 0.558. The first-order chi connectivity index (χ1) is 27.6. The second kappa shape index (κ2) is 15.7. The molecular weight excluding hydrogens is 770 g/mol. The summed E-state index contributed by atoms with van der Waals surface area (Å²) in [7, 11) is 0. The number of hydrogen-bond acceptors (Lipinski definition) is 15. The average Bonchev–Trinajstić information content (AvgIpc) is 3.18. The normalized spacial score (nSPS) is 33.3. The van der Waals surface area contributed by atoms with E-state index < -0.39 is 119 Å². The lowest BCUT2D eigenvalue weighted by molar-refractivity contribution is -0.346. The number of rotatable bonds is 10. The van der Waals surface area contributed by atoms with Crippen molar-refractivity contribution in [3.8, 4) is 0 Å². The highest BCUT2D eigenvalue weighted by molar-refractivity contribution is 5.94. The van der Waals surface area contributed by atoms with E-state index in [9.17, 15) is 49.5 Å². The van der Waals surface area contributed by atoms with Gasteiger partial charge < -0.3 is 54.5 Å². The summed E-state index contributed by atoms with van der Waals surface area (Å²) in [4.78, 5) is 69.0. The van der Waals surface area contributed by atoms with E-state index in [-0.39, 0.29) is 35.3 Å². The molecule has 0 aromatic heterocycles. The molecule has 0 spiro atoms. The van der Waals surface area contributed by atoms with Crippen LogP contribution >= 0.6 is 0 Å². The number of carbonyl (C=O) groups excluding carboxylic acids is 5. The number of ether oxygens (including phenoxy) is 5. The van der Waals surface area contributed by atoms with Crippen molar-refractivity contribution >= 4 is 29.8 Å². The minimum Gasteiger partial charge on any atom is -0.456 e. The third-order valence-electron chi connectivity index (χ3n) is 12.9. The number of carbonyl (C=O) groups is 5. The summed E-state index contributed by atoms with van der Waals surface area (Å²) in [6.07, 6.45) is -11.8. The SMILES string of the molecule is CC(=O)O[C@]12CO[C@@H]1C[C@H](O)[C@]1(C)C(=O)[C@H](O)C3=C(C)[C@H](OC(=O)[C@H](O)[C@H](NC(=O)OC(C)(C)CO)c4ccccc4)C[C@@](O)([C@H](OC(=O)c4ccccc4)[C@@H]21)C3(C)C. The lowest BCUT2D eigenvalue weighted by Gasteiger charge is -2.67. The Morgan fingerprint density at radius 1 is 0.983 bits per heavy atom. The third-order valence-corrected chi connectivity index (χ3v) is 12.9. The van der Waals surface area contributed by atoms with Gasteiger partial charge in [0.05, 0.1) is 42.3 Å². The predicted octanol–water partition coefficient (Wildman–Crippen LogP) is 2.23. The molecule has 6 N–H and O–H groups in total. The van der Waals surface area contributed by atoms with Crippen molar-refractivity contribution < 1.29 is 73.2 Å². The van der Waals surface area contributed by atoms with Gasteiger partial charge in [0.1, 0.15) is 35.6 Å². The van der Waals surface area contributed by atoms with Gasteiger partial charge in [0.2, 0.25) is 0 Å². The lowest BCUT2D eigenvalue weighted by atomic mass is 9.44. The zero-order valence-electron chi connectivity index (χ0n) is 34.0. The summed E-state index contributed by atoms with van der Waals surface area (Å²) < 4.78 is 29.4. The molecule has 0 unspecified atom stereocenters. The van der Waals surface area contributed by atoms with Crippen molar-refractivity contribution in [1.29, 1.82) is 0 Å². The smallest absolute Gasteiger partial charge is 0.408 e. The fourth-order valence-corrected chi connectivity index (χ4v) is 9.56. The van der Waals surface area contributed by atoms with E-state index in [0.29, 0.717) is 0 Å². The number of aliphatic hydroxyl groups is 5. The van der Waals surface area contributed by atoms with Gasteiger partial charge in [-0.2, -0.15) is 0 Å². The number of ketones is 1. The largest absolute Gasteiger partial charge is 0.456 e. The molecule has 2 saturated carbocycles. The summed E-state index contributed by atoms with van der Waals surface area (Å²) in [5, 5.41) is 61.1. The predicted molar refractivity (Wildman–Crippen MR) is 205 cm³/mol. The first kappa shape index (κ1) is 43.9. The van der Waals surface area contributed by atoms with Crippen molar-refractivity contribution in [3.05, 3.63) is 82.9 Å². The van der Waals surface area contributed by atoms with Crippen LogP contribution in [-0.2, 0) is 38.1 Å². The zero-order valence-corrected chi connectivity index (χ0v) is 34.0. The van der Waals surface area contributed by atoms with Crippen LogP contribution in [0.25, 0.3) is 0 Å². The van der Waals surface area contributed by atoms with Crippen LogP contribution < -0.4 is 5.32 Å². The van der Waals surface area contributed by atoms with Gasteiger partial charge in [-0.25, -0.2) is 14.4 Å². The maximum absolute atomic E-state index is 15.0. The Hall–Kier alpha value is -4.71. The summed E-state index contributed by atoms with van der Waals surface area (Å²) >= 11 is 0. The molecule has 2 bridgehead atoms. The van der Waals surface area contributed by atoms with E-state index in [1.54, 1.807) is 36.4 Å². The molecule has 16 heteroatoms. The van der Waals surface area contributed by atoms with Gasteiger partial charge >= 0.3 is 24.0 Å². The topological polar surface area (TPSA) is 245 Å². The van der Waals surface area contributed by atoms with Crippen LogP contribution in [-0.4, -0.2) is 122 Å². The van der Waals surface area contributed by atoms with Gasteiger partial charge in [-0.3, -0.25) is 9.59 Å². The van der Waals surface area contributed by atoms with Crippen molar-refractivity contribution in [3.63, 3.8) is 0 Å². The van der Waals surface area contributed by atoms with Gasteiger partial charge in [0.15, 0.2) is 17.5 Å². The summed E-state index contributed by atoms with van der Waals surface area (Å²) in [6, 6.07) is 14.3. The Labute approximate surface area is 341 Å². The van der Waals surface area contributed by atoms with E-state index in [2.05, 4.69) is 5.32 Å². The van der Waals surface area contributed by atoms with E-state index in [1.807, 2.05) is 0 Å².